The minimum Gasteiger partial charge on any atom is -0.387 e. The zero-order valence-electron chi connectivity index (χ0n) is 14.3. The van der Waals surface area contributed by atoms with E-state index in [1.54, 1.807) is 12.1 Å². The molecule has 0 aliphatic carbocycles. The van der Waals surface area contributed by atoms with Crippen molar-refractivity contribution in [2.45, 2.75) is 38.2 Å². The summed E-state index contributed by atoms with van der Waals surface area (Å²) < 4.78 is 26.2. The molecule has 0 bridgehead atoms. The summed E-state index contributed by atoms with van der Waals surface area (Å²) in [6.45, 7) is 2.60. The Morgan fingerprint density at radius 3 is 2.84 bits per heavy atom. The van der Waals surface area contributed by atoms with Crippen LogP contribution in [0.1, 0.15) is 32.6 Å². The number of benzene rings is 1. The first-order valence-corrected chi connectivity index (χ1v) is 10.1. The molecule has 1 amide bonds. The summed E-state index contributed by atoms with van der Waals surface area (Å²) in [5, 5.41) is 6.74. The minimum atomic E-state index is -3.28. The highest BCUT2D eigenvalue weighted by atomic mass is 32.2. The molecule has 1 aromatic rings. The average Bonchev–Trinajstić information content (AvgIpc) is 2.99. The smallest absolute Gasteiger partial charge is 0.273 e. The zero-order valence-corrected chi connectivity index (χ0v) is 15.1. The summed E-state index contributed by atoms with van der Waals surface area (Å²) in [6.07, 6.45) is 2.29. The standard InChI is InChI=1S/C17H23N3O4S/c1-2-11-25(22,23)20-10-6-9-17(13-20)12-15(19-24-17)16(21)18-14-7-4-3-5-8-14/h3-5,7-8H,2,6,9-13H2,1H3,(H,18,21). The number of oxime groups is 1. The average molecular weight is 365 g/mol. The topological polar surface area (TPSA) is 88.1 Å². The number of anilines is 1. The first-order valence-electron chi connectivity index (χ1n) is 8.53. The number of nitrogens with one attached hydrogen (secondary N) is 1. The molecule has 2 heterocycles. The van der Waals surface area contributed by atoms with Crippen molar-refractivity contribution in [2.24, 2.45) is 5.16 Å². The number of amides is 1. The Hall–Kier alpha value is -1.93. The van der Waals surface area contributed by atoms with E-state index in [4.69, 9.17) is 4.84 Å². The van der Waals surface area contributed by atoms with Gasteiger partial charge in [0.05, 0.1) is 12.3 Å². The predicted octanol–water partition coefficient (Wildman–Crippen LogP) is 1.98. The maximum atomic E-state index is 12.4. The lowest BCUT2D eigenvalue weighted by Gasteiger charge is -2.37. The lowest BCUT2D eigenvalue weighted by atomic mass is 9.89. The van der Waals surface area contributed by atoms with E-state index in [0.717, 1.165) is 0 Å². The number of hydrogen-bond acceptors (Lipinski definition) is 5. The van der Waals surface area contributed by atoms with Crippen LogP contribution in [0.4, 0.5) is 5.69 Å². The molecule has 3 rings (SSSR count). The van der Waals surface area contributed by atoms with Crippen molar-refractivity contribution in [1.29, 1.82) is 0 Å². The van der Waals surface area contributed by atoms with E-state index in [1.807, 2.05) is 25.1 Å². The molecule has 7 nitrogen and oxygen atoms in total. The normalized spacial score (nSPS) is 24.0. The predicted molar refractivity (Wildman–Crippen MR) is 95.8 cm³/mol. The molecule has 136 valence electrons. The second-order valence-electron chi connectivity index (χ2n) is 6.56. The maximum absolute atomic E-state index is 12.4. The van der Waals surface area contributed by atoms with Crippen LogP contribution in [-0.2, 0) is 19.7 Å². The third-order valence-electron chi connectivity index (χ3n) is 4.49. The van der Waals surface area contributed by atoms with Gasteiger partial charge in [-0.2, -0.15) is 4.31 Å². The highest BCUT2D eigenvalue weighted by molar-refractivity contribution is 7.89. The summed E-state index contributed by atoms with van der Waals surface area (Å²) in [5.41, 5.74) is 0.271. The summed E-state index contributed by atoms with van der Waals surface area (Å²) >= 11 is 0. The van der Waals surface area contributed by atoms with Crippen molar-refractivity contribution < 1.29 is 18.0 Å². The number of para-hydroxylation sites is 1. The molecule has 1 saturated heterocycles. The van der Waals surface area contributed by atoms with Gasteiger partial charge in [-0.25, -0.2) is 8.42 Å². The van der Waals surface area contributed by atoms with Crippen LogP contribution >= 0.6 is 0 Å². The largest absolute Gasteiger partial charge is 0.387 e. The van der Waals surface area contributed by atoms with Crippen LogP contribution in [0, 0.1) is 0 Å². The van der Waals surface area contributed by atoms with E-state index in [2.05, 4.69) is 10.5 Å². The van der Waals surface area contributed by atoms with Gasteiger partial charge in [-0.1, -0.05) is 30.3 Å². The van der Waals surface area contributed by atoms with Crippen molar-refractivity contribution in [3.8, 4) is 0 Å². The lowest BCUT2D eigenvalue weighted by Crippen LogP contribution is -2.51. The maximum Gasteiger partial charge on any atom is 0.273 e. The second-order valence-corrected chi connectivity index (χ2v) is 8.65. The fourth-order valence-electron chi connectivity index (χ4n) is 3.27. The Morgan fingerprint density at radius 1 is 1.36 bits per heavy atom. The van der Waals surface area contributed by atoms with Gasteiger partial charge in [0, 0.05) is 18.7 Å². The molecule has 2 aliphatic heterocycles. The molecular formula is C17H23N3O4S. The van der Waals surface area contributed by atoms with Gasteiger partial charge in [-0.05, 0) is 31.4 Å². The molecule has 25 heavy (non-hydrogen) atoms. The van der Waals surface area contributed by atoms with E-state index < -0.39 is 15.6 Å². The Labute approximate surface area is 148 Å². The Kier molecular flexibility index (Phi) is 5.10. The number of piperidine rings is 1. The van der Waals surface area contributed by atoms with Crippen LogP contribution in [0.25, 0.3) is 0 Å². The molecule has 8 heteroatoms. The van der Waals surface area contributed by atoms with Crippen LogP contribution in [0.5, 0.6) is 0 Å². The highest BCUT2D eigenvalue weighted by Gasteiger charge is 2.46. The van der Waals surface area contributed by atoms with Gasteiger partial charge in [0.25, 0.3) is 5.91 Å². The minimum absolute atomic E-state index is 0.130. The van der Waals surface area contributed by atoms with Crippen LogP contribution in [-0.4, -0.2) is 48.8 Å². The molecule has 0 aromatic heterocycles. The van der Waals surface area contributed by atoms with Gasteiger partial charge in [0.15, 0.2) is 5.60 Å². The van der Waals surface area contributed by atoms with Crippen LogP contribution in [0.2, 0.25) is 0 Å². The fourth-order valence-corrected chi connectivity index (χ4v) is 4.88. The molecule has 1 fully saturated rings. The monoisotopic (exact) mass is 365 g/mol. The van der Waals surface area contributed by atoms with E-state index in [-0.39, 0.29) is 18.2 Å². The third kappa shape index (κ3) is 4.01. The van der Waals surface area contributed by atoms with Crippen molar-refractivity contribution >= 4 is 27.3 Å². The van der Waals surface area contributed by atoms with Crippen molar-refractivity contribution in [3.05, 3.63) is 30.3 Å². The number of rotatable bonds is 5. The molecule has 1 N–H and O–H groups in total. The molecule has 1 unspecified atom stereocenters. The molecule has 2 aliphatic rings. The third-order valence-corrected chi connectivity index (χ3v) is 6.52. The summed E-state index contributed by atoms with van der Waals surface area (Å²) in [5.74, 6) is -0.178. The Bertz CT molecular complexity index is 763. The molecular weight excluding hydrogens is 342 g/mol. The number of carbonyl (C=O) groups excluding carboxylic acids is 1. The summed E-state index contributed by atoms with van der Waals surface area (Å²) in [4.78, 5) is 17.9. The lowest BCUT2D eigenvalue weighted by molar-refractivity contribution is -0.110. The number of carbonyl (C=O) groups is 1. The van der Waals surface area contributed by atoms with E-state index in [1.165, 1.54) is 4.31 Å². The van der Waals surface area contributed by atoms with Gasteiger partial charge >= 0.3 is 0 Å². The SMILES string of the molecule is CCCS(=O)(=O)N1CCCC2(CC(C(=O)Nc3ccccc3)=NO2)C1. The van der Waals surface area contributed by atoms with Crippen molar-refractivity contribution in [2.75, 3.05) is 24.2 Å². The fraction of sp³-hybridized carbons (Fsp3) is 0.529. The molecule has 1 atom stereocenters. The van der Waals surface area contributed by atoms with Crippen LogP contribution in [0.15, 0.2) is 35.5 Å². The van der Waals surface area contributed by atoms with Gasteiger partial charge in [-0.15, -0.1) is 0 Å². The summed E-state index contributed by atoms with van der Waals surface area (Å²) in [7, 11) is -3.28. The van der Waals surface area contributed by atoms with Crippen molar-refractivity contribution in [1.82, 2.24) is 4.31 Å². The number of sulfonamides is 1. The highest BCUT2D eigenvalue weighted by Crippen LogP contribution is 2.34. The number of hydrogen-bond donors (Lipinski definition) is 1. The molecule has 1 aromatic carbocycles. The van der Waals surface area contributed by atoms with Crippen LogP contribution in [0.3, 0.4) is 0 Å². The van der Waals surface area contributed by atoms with Gasteiger partial charge in [0.1, 0.15) is 5.71 Å². The van der Waals surface area contributed by atoms with Crippen LogP contribution < -0.4 is 5.32 Å². The van der Waals surface area contributed by atoms with Gasteiger partial charge in [-0.3, -0.25) is 4.79 Å². The number of nitrogens with zero attached hydrogens (tertiary/aromatic N) is 2. The summed E-state index contributed by atoms with van der Waals surface area (Å²) in [6, 6.07) is 9.13. The first-order chi connectivity index (χ1) is 11.9. The van der Waals surface area contributed by atoms with E-state index >= 15 is 0 Å². The first kappa shape index (κ1) is 17.9. The second kappa shape index (κ2) is 7.13. The Balaban J connectivity index is 1.65. The van der Waals surface area contributed by atoms with Crippen molar-refractivity contribution in [3.63, 3.8) is 0 Å². The quantitative estimate of drug-likeness (QED) is 0.864. The van der Waals surface area contributed by atoms with Gasteiger partial charge in [0.2, 0.25) is 10.0 Å². The van der Waals surface area contributed by atoms with E-state index in [0.29, 0.717) is 43.6 Å². The molecule has 0 saturated carbocycles. The molecule has 0 radical (unpaired) electrons. The van der Waals surface area contributed by atoms with Gasteiger partial charge < -0.3 is 10.2 Å². The molecule has 1 spiro atoms. The van der Waals surface area contributed by atoms with E-state index in [9.17, 15) is 13.2 Å². The Morgan fingerprint density at radius 2 is 2.12 bits per heavy atom. The zero-order chi connectivity index (χ0) is 17.9.